The summed E-state index contributed by atoms with van der Waals surface area (Å²) in [7, 11) is 0. The number of hydrogen-bond donors (Lipinski definition) is 0. The van der Waals surface area contributed by atoms with Crippen LogP contribution in [0.2, 0.25) is 0 Å². The van der Waals surface area contributed by atoms with Crippen molar-refractivity contribution < 1.29 is 49.4 Å². The Hall–Kier alpha value is -3.11. The molecule has 1 aliphatic carbocycles. The van der Waals surface area contributed by atoms with Crippen LogP contribution in [0, 0.1) is 29.2 Å². The van der Waals surface area contributed by atoms with Gasteiger partial charge in [-0.15, -0.1) is 0 Å². The number of esters is 1. The third kappa shape index (κ3) is 6.66. The molecule has 11 heteroatoms. The van der Waals surface area contributed by atoms with Crippen molar-refractivity contribution in [3.63, 3.8) is 0 Å². The van der Waals surface area contributed by atoms with Crippen molar-refractivity contribution in [1.82, 2.24) is 0 Å². The predicted molar refractivity (Wildman–Crippen MR) is 122 cm³/mol. The molecule has 0 N–H and O–H groups in total. The Bertz CT molecular complexity index is 1200. The van der Waals surface area contributed by atoms with E-state index in [2.05, 4.69) is 11.7 Å². The van der Waals surface area contributed by atoms with Crippen LogP contribution in [0.15, 0.2) is 36.1 Å². The van der Waals surface area contributed by atoms with Crippen LogP contribution in [0.1, 0.15) is 80.3 Å². The topological polar surface area (TPSA) is 35.5 Å². The van der Waals surface area contributed by atoms with Crippen molar-refractivity contribution in [3.05, 3.63) is 76.1 Å². The second kappa shape index (κ2) is 11.7. The second-order valence-electron chi connectivity index (χ2n) is 9.23. The van der Waals surface area contributed by atoms with Crippen molar-refractivity contribution in [2.75, 3.05) is 0 Å². The van der Waals surface area contributed by atoms with Gasteiger partial charge < -0.3 is 9.47 Å². The minimum absolute atomic E-state index is 0.0596. The van der Waals surface area contributed by atoms with Crippen molar-refractivity contribution in [2.24, 2.45) is 5.92 Å². The summed E-state index contributed by atoms with van der Waals surface area (Å²) in [5.41, 5.74) is -3.99. The number of alkyl halides is 4. The van der Waals surface area contributed by atoms with Gasteiger partial charge in [-0.3, -0.25) is 0 Å². The highest BCUT2D eigenvalue weighted by molar-refractivity contribution is 5.91. The number of benzene rings is 2. The Labute approximate surface area is 214 Å². The van der Waals surface area contributed by atoms with Crippen LogP contribution < -0.4 is 4.74 Å². The molecule has 1 aliphatic rings. The zero-order valence-corrected chi connectivity index (χ0v) is 20.7. The van der Waals surface area contributed by atoms with Crippen LogP contribution in [-0.2, 0) is 16.8 Å². The molecule has 2 aromatic carbocycles. The van der Waals surface area contributed by atoms with Crippen molar-refractivity contribution in [2.45, 2.75) is 70.8 Å². The molecular formula is C27H26F8O3. The molecule has 3 rings (SSSR count). The number of halogens is 8. The zero-order valence-electron chi connectivity index (χ0n) is 20.7. The second-order valence-corrected chi connectivity index (χ2v) is 9.23. The Morgan fingerprint density at radius 1 is 0.921 bits per heavy atom. The molecule has 0 heterocycles. The molecule has 208 valence electrons. The number of carbonyl (C=O) groups is 1. The SMILES string of the molecule is CCCCCC1CC=C(OC(F)(F)c2ccc(OC(=O)c3ccc(C(C)(F)F)c(F)c3F)c(F)c2F)CC1. The number of unbranched alkanes of at least 4 members (excludes halogenated alkanes) is 2. The van der Waals surface area contributed by atoms with Gasteiger partial charge in [0.25, 0.3) is 5.92 Å². The van der Waals surface area contributed by atoms with Gasteiger partial charge in [-0.25, -0.2) is 26.7 Å². The summed E-state index contributed by atoms with van der Waals surface area (Å²) >= 11 is 0. The number of allylic oxidation sites excluding steroid dienone is 2. The van der Waals surface area contributed by atoms with Gasteiger partial charge in [0.15, 0.2) is 23.2 Å². The molecule has 3 nitrogen and oxygen atoms in total. The maximum Gasteiger partial charge on any atom is 0.429 e. The molecule has 1 unspecified atom stereocenters. The lowest BCUT2D eigenvalue weighted by Gasteiger charge is -2.26. The lowest BCUT2D eigenvalue weighted by Crippen LogP contribution is -2.22. The van der Waals surface area contributed by atoms with Gasteiger partial charge in [0.05, 0.1) is 16.9 Å². The van der Waals surface area contributed by atoms with Crippen molar-refractivity contribution >= 4 is 5.97 Å². The average Bonchev–Trinajstić information content (AvgIpc) is 2.83. The van der Waals surface area contributed by atoms with Crippen LogP contribution in [0.4, 0.5) is 35.1 Å². The lowest BCUT2D eigenvalue weighted by atomic mass is 9.89. The van der Waals surface area contributed by atoms with Crippen LogP contribution in [0.3, 0.4) is 0 Å². The van der Waals surface area contributed by atoms with Crippen LogP contribution >= 0.6 is 0 Å². The summed E-state index contributed by atoms with van der Waals surface area (Å²) in [6, 6.07) is 1.82. The molecule has 0 fully saturated rings. The van der Waals surface area contributed by atoms with Gasteiger partial charge in [-0.2, -0.15) is 13.2 Å². The van der Waals surface area contributed by atoms with Gasteiger partial charge in [0.2, 0.25) is 5.82 Å². The van der Waals surface area contributed by atoms with Crippen LogP contribution in [0.25, 0.3) is 0 Å². The first kappa shape index (κ1) is 29.4. The maximum absolute atomic E-state index is 14.7. The maximum atomic E-state index is 14.7. The Morgan fingerprint density at radius 2 is 1.58 bits per heavy atom. The zero-order chi connectivity index (χ0) is 28.3. The highest BCUT2D eigenvalue weighted by Gasteiger charge is 2.41. The molecule has 1 atom stereocenters. The summed E-state index contributed by atoms with van der Waals surface area (Å²) in [5, 5.41) is 0. The summed E-state index contributed by atoms with van der Waals surface area (Å²) in [6.07, 6.45) is 2.72. The minimum Gasteiger partial charge on any atom is -0.434 e. The molecule has 2 aromatic rings. The normalized spacial score (nSPS) is 16.3. The molecule has 0 saturated heterocycles. The van der Waals surface area contributed by atoms with E-state index in [9.17, 15) is 39.9 Å². The van der Waals surface area contributed by atoms with E-state index >= 15 is 0 Å². The van der Waals surface area contributed by atoms with E-state index in [0.717, 1.165) is 25.7 Å². The first-order valence-corrected chi connectivity index (χ1v) is 12.1. The van der Waals surface area contributed by atoms with E-state index in [4.69, 9.17) is 4.74 Å². The largest absolute Gasteiger partial charge is 0.434 e. The Morgan fingerprint density at radius 3 is 2.18 bits per heavy atom. The third-order valence-corrected chi connectivity index (χ3v) is 6.29. The summed E-state index contributed by atoms with van der Waals surface area (Å²) < 4.78 is 122. The molecule has 0 aliphatic heterocycles. The van der Waals surface area contributed by atoms with Gasteiger partial charge in [0.1, 0.15) is 5.56 Å². The van der Waals surface area contributed by atoms with Crippen molar-refractivity contribution in [3.8, 4) is 5.75 Å². The number of hydrogen-bond acceptors (Lipinski definition) is 3. The van der Waals surface area contributed by atoms with E-state index in [1.54, 1.807) is 0 Å². The van der Waals surface area contributed by atoms with E-state index in [0.29, 0.717) is 49.9 Å². The van der Waals surface area contributed by atoms with E-state index < -0.39 is 63.7 Å². The molecule has 0 spiro atoms. The monoisotopic (exact) mass is 550 g/mol. The van der Waals surface area contributed by atoms with Crippen LogP contribution in [0.5, 0.6) is 5.75 Å². The van der Waals surface area contributed by atoms with Gasteiger partial charge in [-0.05, 0) is 49.1 Å². The summed E-state index contributed by atoms with van der Waals surface area (Å²) in [4.78, 5) is 12.2. The average molecular weight is 550 g/mol. The highest BCUT2D eigenvalue weighted by Crippen LogP contribution is 2.39. The molecule has 0 aromatic heterocycles. The fourth-order valence-corrected chi connectivity index (χ4v) is 4.16. The fraction of sp³-hybridized carbons (Fsp3) is 0.444. The first-order valence-electron chi connectivity index (χ1n) is 12.1. The molecular weight excluding hydrogens is 524 g/mol. The first-order chi connectivity index (χ1) is 17.8. The number of ether oxygens (including phenoxy) is 2. The smallest absolute Gasteiger partial charge is 0.429 e. The summed E-state index contributed by atoms with van der Waals surface area (Å²) in [5.74, 6) is -14.6. The molecule has 0 bridgehead atoms. The Balaban J connectivity index is 1.74. The van der Waals surface area contributed by atoms with E-state index in [1.165, 1.54) is 6.08 Å². The quantitative estimate of drug-likeness (QED) is 0.128. The number of carbonyl (C=O) groups excluding carboxylic acids is 1. The number of rotatable bonds is 10. The van der Waals surface area contributed by atoms with Gasteiger partial charge >= 0.3 is 12.1 Å². The molecule has 0 saturated carbocycles. The lowest BCUT2D eigenvalue weighted by molar-refractivity contribution is -0.228. The van der Waals surface area contributed by atoms with Crippen molar-refractivity contribution in [1.29, 1.82) is 0 Å². The highest BCUT2D eigenvalue weighted by atomic mass is 19.3. The van der Waals surface area contributed by atoms with E-state index in [-0.39, 0.29) is 12.2 Å². The van der Waals surface area contributed by atoms with Gasteiger partial charge in [-0.1, -0.05) is 32.6 Å². The standard InChI is InChI=1S/C27H26F8O3/c1-3-4-5-6-15-7-9-16(10-8-15)38-27(34,35)19-13-14-20(24(31)23(19)30)37-25(36)17-11-12-18(26(2,32)33)22(29)21(17)28/h9,11-15H,3-8,10H2,1-2H3. The fourth-order valence-electron chi connectivity index (χ4n) is 4.16. The van der Waals surface area contributed by atoms with Crippen LogP contribution in [-0.4, -0.2) is 5.97 Å². The molecule has 0 amide bonds. The predicted octanol–water partition coefficient (Wildman–Crippen LogP) is 8.90. The summed E-state index contributed by atoms with van der Waals surface area (Å²) in [6.45, 7) is 2.38. The Kier molecular flexibility index (Phi) is 9.09. The molecule has 0 radical (unpaired) electrons. The molecule has 38 heavy (non-hydrogen) atoms. The van der Waals surface area contributed by atoms with Gasteiger partial charge in [0, 0.05) is 13.3 Å². The van der Waals surface area contributed by atoms with E-state index in [1.807, 2.05) is 0 Å². The minimum atomic E-state index is -4.26. The third-order valence-electron chi connectivity index (χ3n) is 6.29.